The Morgan fingerprint density at radius 1 is 1.44 bits per heavy atom. The first-order valence-corrected chi connectivity index (χ1v) is 5.39. The number of aliphatic hydroxyl groups excluding tert-OH is 1. The molecule has 1 heterocycles. The lowest BCUT2D eigenvalue weighted by molar-refractivity contribution is -0.132. The number of hydrogen-bond donors (Lipinski definition) is 1. The Morgan fingerprint density at radius 2 is 2.19 bits per heavy atom. The molecular weight excluding hydrogens is 206 g/mol. The van der Waals surface area contributed by atoms with Gasteiger partial charge in [-0.3, -0.25) is 4.79 Å². The van der Waals surface area contributed by atoms with E-state index >= 15 is 0 Å². The number of carbonyl (C=O) groups excluding carboxylic acids is 1. The first-order valence-electron chi connectivity index (χ1n) is 5.39. The van der Waals surface area contributed by atoms with Crippen LogP contribution in [-0.4, -0.2) is 41.7 Å². The van der Waals surface area contributed by atoms with Crippen molar-refractivity contribution in [2.45, 2.75) is 12.5 Å². The molecule has 86 valence electrons. The lowest BCUT2D eigenvalue weighted by Crippen LogP contribution is -2.33. The highest BCUT2D eigenvalue weighted by atomic mass is 16.5. The molecule has 0 bridgehead atoms. The minimum Gasteiger partial charge on any atom is -0.484 e. The van der Waals surface area contributed by atoms with Gasteiger partial charge in [0.05, 0.1) is 6.10 Å². The fourth-order valence-corrected chi connectivity index (χ4v) is 1.72. The van der Waals surface area contributed by atoms with Gasteiger partial charge in [-0.15, -0.1) is 0 Å². The van der Waals surface area contributed by atoms with E-state index in [1.54, 1.807) is 4.90 Å². The highest BCUT2D eigenvalue weighted by Crippen LogP contribution is 2.11. The van der Waals surface area contributed by atoms with Crippen LogP contribution in [0.15, 0.2) is 30.3 Å². The van der Waals surface area contributed by atoms with Crippen LogP contribution in [0.25, 0.3) is 0 Å². The molecule has 1 aromatic rings. The van der Waals surface area contributed by atoms with Crippen LogP contribution in [-0.2, 0) is 4.79 Å². The molecular formula is C12H15NO3. The van der Waals surface area contributed by atoms with Crippen LogP contribution in [0.4, 0.5) is 0 Å². The summed E-state index contributed by atoms with van der Waals surface area (Å²) in [5, 5.41) is 9.30. The van der Waals surface area contributed by atoms with Crippen molar-refractivity contribution in [2.75, 3.05) is 19.7 Å². The Bertz CT molecular complexity index is 353. The highest BCUT2D eigenvalue weighted by molar-refractivity contribution is 5.78. The van der Waals surface area contributed by atoms with Crippen LogP contribution in [0.3, 0.4) is 0 Å². The maximum atomic E-state index is 11.7. The Kier molecular flexibility index (Phi) is 3.41. The fraction of sp³-hybridized carbons (Fsp3) is 0.417. The van der Waals surface area contributed by atoms with Gasteiger partial charge in [0.25, 0.3) is 5.91 Å². The van der Waals surface area contributed by atoms with E-state index in [2.05, 4.69) is 0 Å². The zero-order valence-electron chi connectivity index (χ0n) is 9.00. The number of benzene rings is 1. The van der Waals surface area contributed by atoms with Crippen LogP contribution in [0.5, 0.6) is 5.75 Å². The Balaban J connectivity index is 1.80. The number of rotatable bonds is 3. The van der Waals surface area contributed by atoms with Gasteiger partial charge in [-0.25, -0.2) is 0 Å². The number of ether oxygens (including phenoxy) is 1. The third kappa shape index (κ3) is 2.73. The minimum absolute atomic E-state index is 0.0384. The summed E-state index contributed by atoms with van der Waals surface area (Å²) < 4.78 is 5.34. The first-order chi connectivity index (χ1) is 7.75. The molecule has 1 aromatic carbocycles. The van der Waals surface area contributed by atoms with E-state index in [4.69, 9.17) is 4.74 Å². The first kappa shape index (κ1) is 11.0. The van der Waals surface area contributed by atoms with E-state index in [1.165, 1.54) is 0 Å². The Morgan fingerprint density at radius 3 is 2.81 bits per heavy atom. The average Bonchev–Trinajstić information content (AvgIpc) is 2.74. The number of carbonyl (C=O) groups is 1. The average molecular weight is 221 g/mol. The molecule has 2 rings (SSSR count). The molecule has 0 aliphatic carbocycles. The molecule has 1 fully saturated rings. The van der Waals surface area contributed by atoms with E-state index in [1.807, 2.05) is 30.3 Å². The summed E-state index contributed by atoms with van der Waals surface area (Å²) >= 11 is 0. The van der Waals surface area contributed by atoms with Crippen molar-refractivity contribution in [1.29, 1.82) is 0 Å². The summed E-state index contributed by atoms with van der Waals surface area (Å²) in [6.45, 7) is 1.09. The van der Waals surface area contributed by atoms with Crippen molar-refractivity contribution in [1.82, 2.24) is 4.90 Å². The second-order valence-electron chi connectivity index (χ2n) is 3.88. The Labute approximate surface area is 94.4 Å². The van der Waals surface area contributed by atoms with E-state index in [0.717, 1.165) is 0 Å². The zero-order chi connectivity index (χ0) is 11.4. The Hall–Kier alpha value is -1.55. The van der Waals surface area contributed by atoms with Gasteiger partial charge in [0.15, 0.2) is 6.61 Å². The van der Waals surface area contributed by atoms with Crippen molar-refractivity contribution in [2.24, 2.45) is 0 Å². The van der Waals surface area contributed by atoms with E-state index in [9.17, 15) is 9.90 Å². The highest BCUT2D eigenvalue weighted by Gasteiger charge is 2.24. The molecule has 4 nitrogen and oxygen atoms in total. The lowest BCUT2D eigenvalue weighted by atomic mass is 10.3. The van der Waals surface area contributed by atoms with Crippen LogP contribution in [0, 0.1) is 0 Å². The molecule has 1 atom stereocenters. The standard InChI is InChI=1S/C12H15NO3/c14-10-6-7-13(8-10)12(15)9-16-11-4-2-1-3-5-11/h1-5,10,14H,6-9H2/t10-/m0/s1. The summed E-state index contributed by atoms with van der Waals surface area (Å²) in [7, 11) is 0. The molecule has 0 saturated carbocycles. The number of nitrogens with zero attached hydrogens (tertiary/aromatic N) is 1. The molecule has 1 saturated heterocycles. The largest absolute Gasteiger partial charge is 0.484 e. The summed E-state index contributed by atoms with van der Waals surface area (Å²) in [6.07, 6.45) is 0.289. The molecule has 0 radical (unpaired) electrons. The summed E-state index contributed by atoms with van der Waals surface area (Å²) in [6, 6.07) is 9.24. The second kappa shape index (κ2) is 4.99. The quantitative estimate of drug-likeness (QED) is 0.815. The topological polar surface area (TPSA) is 49.8 Å². The third-order valence-electron chi connectivity index (χ3n) is 2.62. The molecule has 1 amide bonds. The third-order valence-corrected chi connectivity index (χ3v) is 2.62. The molecule has 16 heavy (non-hydrogen) atoms. The van der Waals surface area contributed by atoms with Gasteiger partial charge in [0, 0.05) is 13.1 Å². The van der Waals surface area contributed by atoms with Crippen molar-refractivity contribution >= 4 is 5.91 Å². The molecule has 0 spiro atoms. The smallest absolute Gasteiger partial charge is 0.260 e. The maximum Gasteiger partial charge on any atom is 0.260 e. The van der Waals surface area contributed by atoms with Crippen molar-refractivity contribution in [3.8, 4) is 5.75 Å². The number of para-hydroxylation sites is 1. The molecule has 1 N–H and O–H groups in total. The van der Waals surface area contributed by atoms with Crippen LogP contribution < -0.4 is 4.74 Å². The van der Waals surface area contributed by atoms with Crippen LogP contribution in [0.1, 0.15) is 6.42 Å². The predicted octanol–water partition coefficient (Wildman–Crippen LogP) is 0.659. The van der Waals surface area contributed by atoms with Gasteiger partial charge >= 0.3 is 0 Å². The van der Waals surface area contributed by atoms with E-state index in [0.29, 0.717) is 25.3 Å². The monoisotopic (exact) mass is 221 g/mol. The van der Waals surface area contributed by atoms with Gasteiger partial charge in [-0.05, 0) is 18.6 Å². The fourth-order valence-electron chi connectivity index (χ4n) is 1.72. The zero-order valence-corrected chi connectivity index (χ0v) is 9.00. The van der Waals surface area contributed by atoms with Crippen LogP contribution >= 0.6 is 0 Å². The number of amides is 1. The summed E-state index contributed by atoms with van der Waals surface area (Å²) in [5.74, 6) is 0.621. The van der Waals surface area contributed by atoms with Crippen molar-refractivity contribution in [3.05, 3.63) is 30.3 Å². The van der Waals surface area contributed by atoms with Gasteiger partial charge in [0.2, 0.25) is 0 Å². The SMILES string of the molecule is O=C(COc1ccccc1)N1CC[C@H](O)C1. The maximum absolute atomic E-state index is 11.7. The summed E-state index contributed by atoms with van der Waals surface area (Å²) in [5.41, 5.74) is 0. The molecule has 1 aliphatic heterocycles. The molecule has 0 unspecified atom stereocenters. The van der Waals surface area contributed by atoms with Gasteiger partial charge < -0.3 is 14.7 Å². The molecule has 1 aliphatic rings. The minimum atomic E-state index is -0.374. The second-order valence-corrected chi connectivity index (χ2v) is 3.88. The van der Waals surface area contributed by atoms with E-state index in [-0.39, 0.29) is 18.6 Å². The van der Waals surface area contributed by atoms with Gasteiger partial charge in [-0.2, -0.15) is 0 Å². The van der Waals surface area contributed by atoms with E-state index < -0.39 is 0 Å². The summed E-state index contributed by atoms with van der Waals surface area (Å²) in [4.78, 5) is 13.3. The normalized spacial score (nSPS) is 19.8. The number of aliphatic hydroxyl groups is 1. The number of likely N-dealkylation sites (tertiary alicyclic amines) is 1. The van der Waals surface area contributed by atoms with Crippen LogP contribution in [0.2, 0.25) is 0 Å². The van der Waals surface area contributed by atoms with Gasteiger partial charge in [0.1, 0.15) is 5.75 Å². The molecule has 4 heteroatoms. The number of hydrogen-bond acceptors (Lipinski definition) is 3. The lowest BCUT2D eigenvalue weighted by Gasteiger charge is -2.15. The predicted molar refractivity (Wildman–Crippen MR) is 59.1 cm³/mol. The van der Waals surface area contributed by atoms with Crippen molar-refractivity contribution < 1.29 is 14.6 Å². The van der Waals surface area contributed by atoms with Gasteiger partial charge in [-0.1, -0.05) is 18.2 Å². The van der Waals surface area contributed by atoms with Crippen molar-refractivity contribution in [3.63, 3.8) is 0 Å². The molecule has 0 aromatic heterocycles. The number of β-amino-alcohol motifs (C(OH)–C–C–N with tert-alkyl or cyclic N) is 1.